The second-order valence-corrected chi connectivity index (χ2v) is 6.84. The van der Waals surface area contributed by atoms with Crippen molar-refractivity contribution in [2.45, 2.75) is 25.1 Å². The fraction of sp³-hybridized carbons (Fsp3) is 0.294. The van der Waals surface area contributed by atoms with Gasteiger partial charge in [-0.1, -0.05) is 30.3 Å². The predicted octanol–water partition coefficient (Wildman–Crippen LogP) is 2.80. The Bertz CT molecular complexity index is 778. The number of nitrogens with one attached hydrogen (secondary N) is 1. The summed E-state index contributed by atoms with van der Waals surface area (Å²) in [7, 11) is 0. The van der Waals surface area contributed by atoms with Gasteiger partial charge in [0.2, 0.25) is 0 Å². The van der Waals surface area contributed by atoms with Crippen LogP contribution in [0.5, 0.6) is 0 Å². The van der Waals surface area contributed by atoms with E-state index in [4.69, 9.17) is 4.84 Å². The molecule has 1 aliphatic rings. The van der Waals surface area contributed by atoms with E-state index in [1.807, 2.05) is 36.4 Å². The van der Waals surface area contributed by atoms with E-state index < -0.39 is 23.6 Å². The fourth-order valence-corrected chi connectivity index (χ4v) is 4.08. The molecular formula is C17H18N2O5S. The van der Waals surface area contributed by atoms with E-state index in [-0.39, 0.29) is 6.54 Å². The number of aliphatic carboxylic acids is 1. The molecule has 0 unspecified atom stereocenters. The van der Waals surface area contributed by atoms with Crippen molar-refractivity contribution in [3.8, 4) is 0 Å². The van der Waals surface area contributed by atoms with Crippen molar-refractivity contribution in [1.82, 2.24) is 10.4 Å². The normalized spacial score (nSPS) is 22.4. The molecule has 1 aromatic heterocycles. The van der Waals surface area contributed by atoms with Crippen molar-refractivity contribution in [2.75, 3.05) is 6.54 Å². The molecule has 7 nitrogen and oxygen atoms in total. The van der Waals surface area contributed by atoms with Crippen LogP contribution in [-0.4, -0.2) is 33.7 Å². The maximum absolute atomic E-state index is 11.8. The molecule has 3 rings (SSSR count). The van der Waals surface area contributed by atoms with Crippen LogP contribution in [0.2, 0.25) is 0 Å². The van der Waals surface area contributed by atoms with E-state index in [2.05, 4.69) is 5.48 Å². The Morgan fingerprint density at radius 2 is 2.04 bits per heavy atom. The Kier molecular flexibility index (Phi) is 4.76. The summed E-state index contributed by atoms with van der Waals surface area (Å²) in [5.74, 6) is -1.19. The third-order valence-electron chi connectivity index (χ3n) is 4.37. The van der Waals surface area contributed by atoms with Gasteiger partial charge in [-0.15, -0.1) is 11.3 Å². The summed E-state index contributed by atoms with van der Waals surface area (Å²) in [6, 6.07) is 10.9. The number of carbonyl (C=O) groups is 2. The number of rotatable bonds is 5. The molecule has 8 heteroatoms. The van der Waals surface area contributed by atoms with Gasteiger partial charge in [-0.25, -0.2) is 9.59 Å². The van der Waals surface area contributed by atoms with Gasteiger partial charge in [0.1, 0.15) is 0 Å². The largest absolute Gasteiger partial charge is 0.479 e. The molecule has 3 N–H and O–H groups in total. The first-order valence-corrected chi connectivity index (χ1v) is 8.55. The summed E-state index contributed by atoms with van der Waals surface area (Å²) in [6.45, 7) is 1.72. The molecule has 0 spiro atoms. The van der Waals surface area contributed by atoms with Crippen molar-refractivity contribution in [3.63, 3.8) is 0 Å². The lowest BCUT2D eigenvalue weighted by Gasteiger charge is -2.42. The van der Waals surface area contributed by atoms with Crippen LogP contribution >= 0.6 is 11.3 Å². The Balaban J connectivity index is 1.81. The Morgan fingerprint density at radius 1 is 1.32 bits per heavy atom. The zero-order valence-electron chi connectivity index (χ0n) is 13.5. The highest BCUT2D eigenvalue weighted by molar-refractivity contribution is 7.10. The van der Waals surface area contributed by atoms with E-state index in [1.54, 1.807) is 5.38 Å². The number of carboxylic acids is 1. The number of fused-ring (bicyclic) bond motifs is 1. The van der Waals surface area contributed by atoms with Crippen LogP contribution in [0.3, 0.4) is 0 Å². The van der Waals surface area contributed by atoms with Crippen molar-refractivity contribution in [2.24, 2.45) is 0 Å². The monoisotopic (exact) mass is 362 g/mol. The van der Waals surface area contributed by atoms with Gasteiger partial charge < -0.3 is 10.2 Å². The number of hydroxylamine groups is 1. The first-order chi connectivity index (χ1) is 11.9. The average Bonchev–Trinajstić information content (AvgIpc) is 3.08. The number of thiophene rings is 1. The van der Waals surface area contributed by atoms with Crippen molar-refractivity contribution >= 4 is 23.4 Å². The first-order valence-electron chi connectivity index (χ1n) is 7.67. The van der Waals surface area contributed by atoms with Crippen LogP contribution in [0.4, 0.5) is 4.79 Å². The number of hydrogen-bond acceptors (Lipinski definition) is 5. The number of hydrogen-bond donors (Lipinski definition) is 3. The minimum atomic E-state index is -1.60. The number of nitrogens with zero attached hydrogens (tertiary/aromatic N) is 1. The summed E-state index contributed by atoms with van der Waals surface area (Å²) in [5, 5.41) is 20.9. The van der Waals surface area contributed by atoms with Gasteiger partial charge in [-0.2, -0.15) is 5.48 Å². The maximum Gasteiger partial charge on any atom is 0.408 e. The Morgan fingerprint density at radius 3 is 2.68 bits per heavy atom. The van der Waals surface area contributed by atoms with Gasteiger partial charge in [0.25, 0.3) is 0 Å². The van der Waals surface area contributed by atoms with Crippen LogP contribution in [-0.2, 0) is 21.8 Å². The van der Waals surface area contributed by atoms with Gasteiger partial charge in [0.15, 0.2) is 5.54 Å². The molecule has 0 saturated heterocycles. The second-order valence-electron chi connectivity index (χ2n) is 5.92. The Labute approximate surface area is 148 Å². The number of carboxylic acid groups (broad SMARTS) is 2. The summed E-state index contributed by atoms with van der Waals surface area (Å²) in [4.78, 5) is 30.4. The molecule has 2 heterocycles. The zero-order chi connectivity index (χ0) is 18.0. The molecule has 0 fully saturated rings. The molecule has 2 atom stereocenters. The molecule has 132 valence electrons. The summed E-state index contributed by atoms with van der Waals surface area (Å²) in [5.41, 5.74) is 3.00. The highest BCUT2D eigenvalue weighted by Crippen LogP contribution is 2.43. The molecular weight excluding hydrogens is 344 g/mol. The van der Waals surface area contributed by atoms with Crippen LogP contribution in [0, 0.1) is 0 Å². The van der Waals surface area contributed by atoms with E-state index >= 15 is 0 Å². The summed E-state index contributed by atoms with van der Waals surface area (Å²) >= 11 is 1.23. The lowest BCUT2D eigenvalue weighted by Crippen LogP contribution is -2.57. The van der Waals surface area contributed by atoms with E-state index in [1.165, 1.54) is 18.3 Å². The standard InChI is InChI=1S/C17H18N2O5S/c1-17(15(20)21)14-12(7-8-25-14)13(9-19(17)16(22)23)18-24-10-11-5-3-2-4-6-11/h2-8,13,18H,9-10H2,1H3,(H,20,21)(H,22,23)/t13-,17-/m1/s1. The van der Waals surface area contributed by atoms with E-state index in [0.29, 0.717) is 11.5 Å². The molecule has 0 bridgehead atoms. The lowest BCUT2D eigenvalue weighted by molar-refractivity contribution is -0.151. The van der Waals surface area contributed by atoms with Crippen molar-refractivity contribution in [1.29, 1.82) is 0 Å². The molecule has 25 heavy (non-hydrogen) atoms. The van der Waals surface area contributed by atoms with E-state index in [9.17, 15) is 19.8 Å². The van der Waals surface area contributed by atoms with Crippen LogP contribution in [0.15, 0.2) is 41.8 Å². The Hall–Kier alpha value is -2.42. The molecule has 0 aliphatic carbocycles. The highest BCUT2D eigenvalue weighted by atomic mass is 32.1. The molecule has 1 aromatic carbocycles. The van der Waals surface area contributed by atoms with Crippen LogP contribution in [0.25, 0.3) is 0 Å². The SMILES string of the molecule is C[C@]1(C(=O)O)c2sccc2[C@H](NOCc2ccccc2)CN1C(=O)O. The summed E-state index contributed by atoms with van der Waals surface area (Å²) in [6.07, 6.45) is -1.28. The third-order valence-corrected chi connectivity index (χ3v) is 5.51. The first kappa shape index (κ1) is 17.4. The van der Waals surface area contributed by atoms with Gasteiger partial charge in [0, 0.05) is 11.4 Å². The molecule has 0 radical (unpaired) electrons. The quantitative estimate of drug-likeness (QED) is 0.708. The van der Waals surface area contributed by atoms with Crippen LogP contribution < -0.4 is 5.48 Å². The zero-order valence-corrected chi connectivity index (χ0v) is 14.3. The van der Waals surface area contributed by atoms with Crippen molar-refractivity contribution < 1.29 is 24.6 Å². The fourth-order valence-electron chi connectivity index (χ4n) is 2.96. The third kappa shape index (κ3) is 3.11. The second kappa shape index (κ2) is 6.83. The molecule has 1 amide bonds. The summed E-state index contributed by atoms with van der Waals surface area (Å²) < 4.78 is 0. The van der Waals surface area contributed by atoms with Gasteiger partial charge in [-0.05, 0) is 29.5 Å². The van der Waals surface area contributed by atoms with Gasteiger partial charge >= 0.3 is 12.1 Å². The molecule has 2 aromatic rings. The number of benzene rings is 1. The average molecular weight is 362 g/mol. The van der Waals surface area contributed by atoms with Gasteiger partial charge in [0.05, 0.1) is 12.6 Å². The number of amides is 1. The highest BCUT2D eigenvalue weighted by Gasteiger charge is 2.51. The lowest BCUT2D eigenvalue weighted by atomic mass is 9.87. The molecule has 1 aliphatic heterocycles. The predicted molar refractivity (Wildman–Crippen MR) is 91.1 cm³/mol. The van der Waals surface area contributed by atoms with Crippen LogP contribution in [0.1, 0.15) is 29.0 Å². The minimum Gasteiger partial charge on any atom is -0.479 e. The topological polar surface area (TPSA) is 99.1 Å². The van der Waals surface area contributed by atoms with E-state index in [0.717, 1.165) is 16.0 Å². The van der Waals surface area contributed by atoms with Gasteiger partial charge in [-0.3, -0.25) is 9.74 Å². The molecule has 0 saturated carbocycles. The minimum absolute atomic E-state index is 0.0172. The smallest absolute Gasteiger partial charge is 0.408 e. The van der Waals surface area contributed by atoms with Crippen molar-refractivity contribution in [3.05, 3.63) is 57.8 Å². The maximum atomic E-state index is 11.8.